The Kier molecular flexibility index (Phi) is 4.41. The highest BCUT2D eigenvalue weighted by Gasteiger charge is 2.36. The summed E-state index contributed by atoms with van der Waals surface area (Å²) in [7, 11) is 0. The zero-order valence-electron chi connectivity index (χ0n) is 11.8. The number of likely N-dealkylation sites (tertiary alicyclic amines) is 1. The van der Waals surface area contributed by atoms with Crippen molar-refractivity contribution in [2.45, 2.75) is 19.3 Å². The van der Waals surface area contributed by atoms with E-state index in [4.69, 9.17) is 0 Å². The molecule has 2 fully saturated rings. The zero-order chi connectivity index (χ0) is 14.7. The second-order valence-corrected chi connectivity index (χ2v) is 6.33. The lowest BCUT2D eigenvalue weighted by molar-refractivity contribution is -0.124. The lowest BCUT2D eigenvalue weighted by Gasteiger charge is -2.29. The normalized spacial score (nSPS) is 22.3. The second-order valence-electron chi connectivity index (χ2n) is 5.34. The zero-order valence-corrected chi connectivity index (χ0v) is 12.6. The molecule has 2 saturated heterocycles. The summed E-state index contributed by atoms with van der Waals surface area (Å²) < 4.78 is 0. The average molecular weight is 302 g/mol. The molecule has 0 N–H and O–H groups in total. The van der Waals surface area contributed by atoms with Gasteiger partial charge in [-0.15, -0.1) is 0 Å². The second kappa shape index (κ2) is 6.45. The Morgan fingerprint density at radius 1 is 1.05 bits per heavy atom. The molecule has 0 spiro atoms. The molecule has 2 amide bonds. The van der Waals surface area contributed by atoms with E-state index in [2.05, 4.69) is 4.90 Å². The molecular weight excluding hydrogens is 284 g/mol. The number of rotatable bonds is 3. The van der Waals surface area contributed by atoms with E-state index >= 15 is 0 Å². The number of imide groups is 1. The predicted octanol–water partition coefficient (Wildman–Crippen LogP) is 3.17. The first kappa shape index (κ1) is 14.4. The van der Waals surface area contributed by atoms with Crippen molar-refractivity contribution in [2.75, 3.05) is 19.8 Å². The lowest BCUT2D eigenvalue weighted by Crippen LogP contribution is -2.42. The van der Waals surface area contributed by atoms with Crippen LogP contribution in [-0.2, 0) is 4.79 Å². The van der Waals surface area contributed by atoms with Crippen LogP contribution in [0.1, 0.15) is 24.8 Å². The van der Waals surface area contributed by atoms with Crippen molar-refractivity contribution >= 4 is 29.0 Å². The van der Waals surface area contributed by atoms with E-state index in [0.29, 0.717) is 11.6 Å². The number of benzene rings is 1. The Hall–Kier alpha value is -1.59. The van der Waals surface area contributed by atoms with Gasteiger partial charge in [0.25, 0.3) is 11.1 Å². The van der Waals surface area contributed by atoms with Crippen molar-refractivity contribution in [3.8, 4) is 0 Å². The molecule has 1 aromatic rings. The maximum atomic E-state index is 12.4. The summed E-state index contributed by atoms with van der Waals surface area (Å²) >= 11 is 1.04. The summed E-state index contributed by atoms with van der Waals surface area (Å²) in [6.45, 7) is 2.37. The Balaban J connectivity index is 1.71. The van der Waals surface area contributed by atoms with E-state index < -0.39 is 0 Å². The Morgan fingerprint density at radius 2 is 1.76 bits per heavy atom. The standard InChI is InChI=1S/C16H18N2O2S/c19-15-14(11-13-7-3-1-4-8-13)21-16(20)18(15)12-17-9-5-2-6-10-17/h1,3-4,7-8,11H,2,5-6,9-10,12H2. The van der Waals surface area contributed by atoms with Gasteiger partial charge in [0.2, 0.25) is 0 Å². The third-order valence-corrected chi connectivity index (χ3v) is 4.67. The van der Waals surface area contributed by atoms with Crippen molar-refractivity contribution in [3.05, 3.63) is 40.8 Å². The molecule has 0 radical (unpaired) electrons. The topological polar surface area (TPSA) is 40.6 Å². The molecule has 110 valence electrons. The van der Waals surface area contributed by atoms with Crippen LogP contribution < -0.4 is 0 Å². The van der Waals surface area contributed by atoms with Gasteiger partial charge in [-0.1, -0.05) is 36.8 Å². The number of piperidine rings is 1. The maximum Gasteiger partial charge on any atom is 0.294 e. The largest absolute Gasteiger partial charge is 0.294 e. The molecule has 21 heavy (non-hydrogen) atoms. The van der Waals surface area contributed by atoms with Crippen LogP contribution in [0.2, 0.25) is 0 Å². The number of amides is 2. The van der Waals surface area contributed by atoms with Crippen LogP contribution in [0.5, 0.6) is 0 Å². The molecule has 0 unspecified atom stereocenters. The molecule has 2 heterocycles. The Labute approximate surface area is 128 Å². The van der Waals surface area contributed by atoms with E-state index in [-0.39, 0.29) is 11.1 Å². The first-order valence-electron chi connectivity index (χ1n) is 7.27. The molecule has 0 saturated carbocycles. The van der Waals surface area contributed by atoms with E-state index in [9.17, 15) is 9.59 Å². The first-order chi connectivity index (χ1) is 10.2. The van der Waals surface area contributed by atoms with Crippen LogP contribution in [0.3, 0.4) is 0 Å². The summed E-state index contributed by atoms with van der Waals surface area (Å²) in [5.41, 5.74) is 0.945. The van der Waals surface area contributed by atoms with Crippen LogP contribution in [0.25, 0.3) is 6.08 Å². The molecule has 0 bridgehead atoms. The minimum Gasteiger partial charge on any atom is -0.286 e. The van der Waals surface area contributed by atoms with E-state index in [1.807, 2.05) is 30.3 Å². The molecule has 3 rings (SSSR count). The molecule has 1 aromatic carbocycles. The lowest BCUT2D eigenvalue weighted by atomic mass is 10.1. The molecule has 2 aliphatic heterocycles. The smallest absolute Gasteiger partial charge is 0.286 e. The van der Waals surface area contributed by atoms with Crippen LogP contribution in [0.4, 0.5) is 4.79 Å². The maximum absolute atomic E-state index is 12.4. The highest BCUT2D eigenvalue weighted by molar-refractivity contribution is 8.18. The number of hydrogen-bond donors (Lipinski definition) is 0. The molecule has 0 aromatic heterocycles. The van der Waals surface area contributed by atoms with Crippen LogP contribution in [-0.4, -0.2) is 40.7 Å². The summed E-state index contributed by atoms with van der Waals surface area (Å²) in [6.07, 6.45) is 5.33. The monoisotopic (exact) mass is 302 g/mol. The SMILES string of the molecule is O=C1SC(=Cc2ccccc2)C(=O)N1CN1CCCCC1. The fourth-order valence-corrected chi connectivity index (χ4v) is 3.45. The summed E-state index contributed by atoms with van der Waals surface area (Å²) in [5.74, 6) is -0.167. The van der Waals surface area contributed by atoms with Crippen LogP contribution >= 0.6 is 11.8 Å². The van der Waals surface area contributed by atoms with Crippen molar-refractivity contribution in [1.29, 1.82) is 0 Å². The highest BCUT2D eigenvalue weighted by atomic mass is 32.2. The van der Waals surface area contributed by atoms with Gasteiger partial charge < -0.3 is 0 Å². The van der Waals surface area contributed by atoms with Gasteiger partial charge in [-0.05, 0) is 49.3 Å². The molecular formula is C16H18N2O2S. The quantitative estimate of drug-likeness (QED) is 0.804. The molecule has 0 atom stereocenters. The van der Waals surface area contributed by atoms with E-state index in [1.165, 1.54) is 11.3 Å². The van der Waals surface area contributed by atoms with E-state index in [0.717, 1.165) is 43.3 Å². The third kappa shape index (κ3) is 3.36. The number of carbonyl (C=O) groups is 2. The predicted molar refractivity (Wildman–Crippen MR) is 84.5 cm³/mol. The fraction of sp³-hybridized carbons (Fsp3) is 0.375. The third-order valence-electron chi connectivity index (χ3n) is 3.76. The van der Waals surface area contributed by atoms with Gasteiger partial charge in [-0.25, -0.2) is 0 Å². The first-order valence-corrected chi connectivity index (χ1v) is 8.08. The van der Waals surface area contributed by atoms with Gasteiger partial charge in [-0.2, -0.15) is 0 Å². The van der Waals surface area contributed by atoms with Crippen molar-refractivity contribution in [2.24, 2.45) is 0 Å². The highest BCUT2D eigenvalue weighted by Crippen LogP contribution is 2.32. The summed E-state index contributed by atoms with van der Waals surface area (Å²) in [6, 6.07) is 9.63. The average Bonchev–Trinajstić information content (AvgIpc) is 2.77. The summed E-state index contributed by atoms with van der Waals surface area (Å²) in [4.78, 5) is 28.5. The summed E-state index contributed by atoms with van der Waals surface area (Å²) in [5, 5.41) is -0.159. The minimum atomic E-state index is -0.167. The minimum absolute atomic E-state index is 0.159. The molecule has 5 heteroatoms. The molecule has 2 aliphatic rings. The van der Waals surface area contributed by atoms with Gasteiger partial charge in [-0.3, -0.25) is 19.4 Å². The van der Waals surface area contributed by atoms with Gasteiger partial charge in [0.1, 0.15) is 0 Å². The van der Waals surface area contributed by atoms with Gasteiger partial charge in [0.05, 0.1) is 11.6 Å². The number of carbonyl (C=O) groups excluding carboxylic acids is 2. The van der Waals surface area contributed by atoms with Crippen molar-refractivity contribution in [3.63, 3.8) is 0 Å². The number of hydrogen-bond acceptors (Lipinski definition) is 4. The Bertz CT molecular complexity index is 565. The van der Waals surface area contributed by atoms with Gasteiger partial charge >= 0.3 is 0 Å². The van der Waals surface area contributed by atoms with Crippen molar-refractivity contribution < 1.29 is 9.59 Å². The number of thioether (sulfide) groups is 1. The van der Waals surface area contributed by atoms with Gasteiger partial charge in [0, 0.05) is 0 Å². The van der Waals surface area contributed by atoms with Crippen LogP contribution in [0.15, 0.2) is 35.2 Å². The fourth-order valence-electron chi connectivity index (χ4n) is 2.62. The Morgan fingerprint density at radius 3 is 2.48 bits per heavy atom. The molecule has 4 nitrogen and oxygen atoms in total. The number of nitrogens with zero attached hydrogens (tertiary/aromatic N) is 2. The molecule has 0 aliphatic carbocycles. The van der Waals surface area contributed by atoms with Crippen LogP contribution in [0, 0.1) is 0 Å². The van der Waals surface area contributed by atoms with E-state index in [1.54, 1.807) is 6.08 Å². The van der Waals surface area contributed by atoms with Crippen molar-refractivity contribution in [1.82, 2.24) is 9.80 Å². The van der Waals surface area contributed by atoms with Gasteiger partial charge in [0.15, 0.2) is 0 Å².